The number of nitrogens with zero attached hydrogens (tertiary/aromatic N) is 1. The van der Waals surface area contributed by atoms with Crippen molar-refractivity contribution in [2.75, 3.05) is 11.9 Å². The molecule has 6 nitrogen and oxygen atoms in total. The first-order chi connectivity index (χ1) is 12.9. The van der Waals surface area contributed by atoms with Gasteiger partial charge in [0.05, 0.1) is 15.7 Å². The zero-order chi connectivity index (χ0) is 19.6. The van der Waals surface area contributed by atoms with Crippen LogP contribution in [0.5, 0.6) is 0 Å². The van der Waals surface area contributed by atoms with E-state index in [1.807, 2.05) is 6.07 Å². The minimum Gasteiger partial charge on any atom is -0.323 e. The van der Waals surface area contributed by atoms with Crippen LogP contribution in [0.1, 0.15) is 18.9 Å². The number of amides is 4. The Balaban J connectivity index is 1.79. The number of anilines is 1. The lowest BCUT2D eigenvalue weighted by molar-refractivity contribution is -0.134. The monoisotopic (exact) mass is 405 g/mol. The summed E-state index contributed by atoms with van der Waals surface area (Å²) in [5.74, 6) is -1.02. The fourth-order valence-electron chi connectivity index (χ4n) is 3.07. The molecule has 3 rings (SSSR count). The number of urea groups is 1. The predicted molar refractivity (Wildman–Crippen MR) is 104 cm³/mol. The van der Waals surface area contributed by atoms with Crippen molar-refractivity contribution in [1.82, 2.24) is 10.2 Å². The Morgan fingerprint density at radius 2 is 1.81 bits per heavy atom. The number of carbonyl (C=O) groups is 3. The molecule has 2 N–H and O–H groups in total. The van der Waals surface area contributed by atoms with Crippen LogP contribution in [-0.2, 0) is 15.1 Å². The molecule has 0 radical (unpaired) electrons. The Hall–Kier alpha value is -2.57. The van der Waals surface area contributed by atoms with Crippen LogP contribution in [0.4, 0.5) is 10.5 Å². The van der Waals surface area contributed by atoms with Gasteiger partial charge in [-0.2, -0.15) is 0 Å². The third-order valence-corrected chi connectivity index (χ3v) is 5.32. The van der Waals surface area contributed by atoms with Gasteiger partial charge < -0.3 is 10.6 Å². The molecule has 2 aromatic rings. The molecule has 4 amide bonds. The molecule has 0 saturated carbocycles. The van der Waals surface area contributed by atoms with Gasteiger partial charge in [0.25, 0.3) is 5.91 Å². The largest absolute Gasteiger partial charge is 0.325 e. The van der Waals surface area contributed by atoms with Crippen LogP contribution in [-0.4, -0.2) is 29.3 Å². The van der Waals surface area contributed by atoms with E-state index in [1.54, 1.807) is 49.4 Å². The Morgan fingerprint density at radius 1 is 1.11 bits per heavy atom. The van der Waals surface area contributed by atoms with E-state index in [9.17, 15) is 14.4 Å². The molecular weight excluding hydrogens is 389 g/mol. The average molecular weight is 406 g/mol. The fourth-order valence-corrected chi connectivity index (χ4v) is 3.41. The second-order valence-electron chi connectivity index (χ2n) is 6.10. The summed E-state index contributed by atoms with van der Waals surface area (Å²) in [6, 6.07) is 13.2. The Kier molecular flexibility index (Phi) is 5.39. The molecule has 140 valence electrons. The number of nitrogens with one attached hydrogen (secondary N) is 2. The molecular formula is C19H17Cl2N3O3. The van der Waals surface area contributed by atoms with Crippen molar-refractivity contribution in [1.29, 1.82) is 0 Å². The zero-order valence-corrected chi connectivity index (χ0v) is 16.0. The van der Waals surface area contributed by atoms with Gasteiger partial charge in [-0.3, -0.25) is 14.5 Å². The van der Waals surface area contributed by atoms with Gasteiger partial charge in [-0.25, -0.2) is 4.79 Å². The molecule has 1 aliphatic heterocycles. The minimum absolute atomic E-state index is 0.192. The van der Waals surface area contributed by atoms with Crippen molar-refractivity contribution < 1.29 is 14.4 Å². The highest BCUT2D eigenvalue weighted by Gasteiger charge is 2.51. The summed E-state index contributed by atoms with van der Waals surface area (Å²) in [6.45, 7) is 1.38. The van der Waals surface area contributed by atoms with E-state index >= 15 is 0 Å². The van der Waals surface area contributed by atoms with E-state index in [1.165, 1.54) is 0 Å². The SMILES string of the molecule is CCC1(c2ccccc2)NC(=O)N(CC(=O)Nc2cccc(Cl)c2Cl)C1=O. The highest BCUT2D eigenvalue weighted by Crippen LogP contribution is 2.33. The normalized spacial score (nSPS) is 19.1. The highest BCUT2D eigenvalue weighted by atomic mass is 35.5. The summed E-state index contributed by atoms with van der Waals surface area (Å²) in [4.78, 5) is 38.7. The molecule has 0 spiro atoms. The van der Waals surface area contributed by atoms with E-state index in [0.29, 0.717) is 22.7 Å². The van der Waals surface area contributed by atoms with Crippen LogP contribution in [0, 0.1) is 0 Å². The Morgan fingerprint density at radius 3 is 2.48 bits per heavy atom. The van der Waals surface area contributed by atoms with Crippen molar-refractivity contribution in [2.24, 2.45) is 0 Å². The summed E-state index contributed by atoms with van der Waals surface area (Å²) in [5, 5.41) is 5.79. The first kappa shape index (κ1) is 19.2. The third-order valence-electron chi connectivity index (χ3n) is 4.50. The maximum atomic E-state index is 13.0. The van der Waals surface area contributed by atoms with Crippen molar-refractivity contribution in [3.8, 4) is 0 Å². The standard InChI is InChI=1S/C19H17Cl2N3O3/c1-2-19(12-7-4-3-5-8-12)17(26)24(18(27)23-19)11-15(25)22-14-10-6-9-13(20)16(14)21/h3-10H,2,11H2,1H3,(H,22,25)(H,23,27). The number of benzene rings is 2. The van der Waals surface area contributed by atoms with Gasteiger partial charge in [-0.05, 0) is 24.1 Å². The van der Waals surface area contributed by atoms with Gasteiger partial charge in [0.2, 0.25) is 5.91 Å². The molecule has 2 aromatic carbocycles. The first-order valence-corrected chi connectivity index (χ1v) is 9.08. The second-order valence-corrected chi connectivity index (χ2v) is 6.88. The molecule has 8 heteroatoms. The quantitative estimate of drug-likeness (QED) is 0.742. The van der Waals surface area contributed by atoms with E-state index in [2.05, 4.69) is 10.6 Å². The molecule has 1 aliphatic rings. The van der Waals surface area contributed by atoms with Gasteiger partial charge in [0, 0.05) is 0 Å². The molecule has 1 saturated heterocycles. The highest BCUT2D eigenvalue weighted by molar-refractivity contribution is 6.44. The molecule has 0 aliphatic carbocycles. The van der Waals surface area contributed by atoms with Crippen LogP contribution < -0.4 is 10.6 Å². The fraction of sp³-hybridized carbons (Fsp3) is 0.211. The van der Waals surface area contributed by atoms with Crippen molar-refractivity contribution in [3.63, 3.8) is 0 Å². The lowest BCUT2D eigenvalue weighted by Gasteiger charge is -2.25. The summed E-state index contributed by atoms with van der Waals surface area (Å²) in [7, 11) is 0. The molecule has 1 unspecified atom stereocenters. The smallest absolute Gasteiger partial charge is 0.323 e. The Bertz CT molecular complexity index is 904. The van der Waals surface area contributed by atoms with Crippen molar-refractivity contribution >= 4 is 46.7 Å². The Labute approximate surface area is 166 Å². The number of carbonyl (C=O) groups excluding carboxylic acids is 3. The molecule has 0 bridgehead atoms. The predicted octanol–water partition coefficient (Wildman–Crippen LogP) is 3.79. The van der Waals surface area contributed by atoms with E-state index in [-0.39, 0.29) is 5.02 Å². The van der Waals surface area contributed by atoms with Crippen LogP contribution in [0.2, 0.25) is 10.0 Å². The van der Waals surface area contributed by atoms with Gasteiger partial charge in [0.15, 0.2) is 0 Å². The van der Waals surface area contributed by atoms with E-state index in [0.717, 1.165) is 4.90 Å². The van der Waals surface area contributed by atoms with E-state index < -0.39 is 29.9 Å². The molecule has 1 fully saturated rings. The topological polar surface area (TPSA) is 78.5 Å². The van der Waals surface area contributed by atoms with Crippen molar-refractivity contribution in [2.45, 2.75) is 18.9 Å². The average Bonchev–Trinajstić information content (AvgIpc) is 2.91. The van der Waals surface area contributed by atoms with Gasteiger partial charge in [-0.1, -0.05) is 66.5 Å². The number of hydrogen-bond donors (Lipinski definition) is 2. The van der Waals surface area contributed by atoms with E-state index in [4.69, 9.17) is 23.2 Å². The zero-order valence-electron chi connectivity index (χ0n) is 14.5. The molecule has 0 aromatic heterocycles. The molecule has 1 heterocycles. The summed E-state index contributed by atoms with van der Waals surface area (Å²) in [5.41, 5.74) is -0.190. The van der Waals surface area contributed by atoms with Crippen LogP contribution in [0.15, 0.2) is 48.5 Å². The second kappa shape index (κ2) is 7.58. The van der Waals surface area contributed by atoms with Gasteiger partial charge >= 0.3 is 6.03 Å². The first-order valence-electron chi connectivity index (χ1n) is 8.32. The third kappa shape index (κ3) is 3.50. The minimum atomic E-state index is -1.17. The number of imide groups is 1. The summed E-state index contributed by atoms with van der Waals surface area (Å²) >= 11 is 12.0. The summed E-state index contributed by atoms with van der Waals surface area (Å²) in [6.07, 6.45) is 0.361. The van der Waals surface area contributed by atoms with Crippen LogP contribution >= 0.6 is 23.2 Å². The van der Waals surface area contributed by atoms with Gasteiger partial charge in [-0.15, -0.1) is 0 Å². The molecule has 1 atom stereocenters. The lowest BCUT2D eigenvalue weighted by atomic mass is 9.87. The van der Waals surface area contributed by atoms with Crippen LogP contribution in [0.25, 0.3) is 0 Å². The summed E-state index contributed by atoms with van der Waals surface area (Å²) < 4.78 is 0. The number of halogens is 2. The molecule has 27 heavy (non-hydrogen) atoms. The maximum absolute atomic E-state index is 13.0. The number of rotatable bonds is 5. The van der Waals surface area contributed by atoms with Gasteiger partial charge in [0.1, 0.15) is 12.1 Å². The maximum Gasteiger partial charge on any atom is 0.325 e. The number of hydrogen-bond acceptors (Lipinski definition) is 3. The van der Waals surface area contributed by atoms with Crippen molar-refractivity contribution in [3.05, 3.63) is 64.1 Å². The lowest BCUT2D eigenvalue weighted by Crippen LogP contribution is -2.44. The van der Waals surface area contributed by atoms with Crippen LogP contribution in [0.3, 0.4) is 0 Å².